The molecule has 3 aromatic rings. The highest BCUT2D eigenvalue weighted by atomic mass is 16.1. The Morgan fingerprint density at radius 1 is 1.26 bits per heavy atom. The molecule has 0 atom stereocenters. The van der Waals surface area contributed by atoms with Gasteiger partial charge in [0.1, 0.15) is 11.4 Å². The van der Waals surface area contributed by atoms with E-state index in [1.165, 1.54) is 5.56 Å². The van der Waals surface area contributed by atoms with E-state index in [2.05, 4.69) is 29.0 Å². The Hall–Kier alpha value is -2.49. The number of benzene rings is 1. The number of rotatable bonds is 3. The van der Waals surface area contributed by atoms with Gasteiger partial charge in [-0.3, -0.25) is 9.20 Å². The molecule has 0 radical (unpaired) electrons. The first-order chi connectivity index (χ1) is 9.33. The number of aromatic nitrogens is 3. The average Bonchev–Trinajstić information content (AvgIpc) is 2.85. The van der Waals surface area contributed by atoms with Crippen LogP contribution in [-0.2, 0) is 6.42 Å². The molecule has 0 fully saturated rings. The molecule has 2 aromatic heterocycles. The van der Waals surface area contributed by atoms with Crippen molar-refractivity contribution in [1.82, 2.24) is 14.4 Å². The van der Waals surface area contributed by atoms with Gasteiger partial charge in [-0.05, 0) is 18.1 Å². The van der Waals surface area contributed by atoms with Gasteiger partial charge in [0.2, 0.25) is 5.78 Å². The van der Waals surface area contributed by atoms with E-state index in [0.717, 1.165) is 18.3 Å². The van der Waals surface area contributed by atoms with Crippen LogP contribution >= 0.6 is 0 Å². The Bertz CT molecular complexity index is 729. The van der Waals surface area contributed by atoms with E-state index in [4.69, 9.17) is 0 Å². The molecule has 94 valence electrons. The number of hydrogen-bond acceptors (Lipinski definition) is 3. The topological polar surface area (TPSA) is 47.3 Å². The molecule has 0 unspecified atom stereocenters. The fourth-order valence-electron chi connectivity index (χ4n) is 2.13. The maximum atomic E-state index is 11.3. The summed E-state index contributed by atoms with van der Waals surface area (Å²) in [7, 11) is 0. The van der Waals surface area contributed by atoms with E-state index in [-0.39, 0.29) is 0 Å². The Kier molecular flexibility index (Phi) is 2.83. The van der Waals surface area contributed by atoms with E-state index >= 15 is 0 Å². The third-order valence-corrected chi connectivity index (χ3v) is 3.19. The molecule has 0 N–H and O–H groups in total. The van der Waals surface area contributed by atoms with Crippen molar-refractivity contribution < 1.29 is 4.79 Å². The molecule has 0 saturated carbocycles. The summed E-state index contributed by atoms with van der Waals surface area (Å²) >= 11 is 0. The molecule has 0 amide bonds. The Morgan fingerprint density at radius 3 is 2.74 bits per heavy atom. The SMILES string of the molecule is CCc1ccc(-c2nc3ncccn3c2C=O)cc1. The van der Waals surface area contributed by atoms with Crippen LogP contribution in [0.5, 0.6) is 0 Å². The van der Waals surface area contributed by atoms with Gasteiger partial charge in [-0.2, -0.15) is 0 Å². The number of carbonyl (C=O) groups is 1. The molecule has 0 bridgehead atoms. The second-order valence-electron chi connectivity index (χ2n) is 4.30. The van der Waals surface area contributed by atoms with E-state index in [1.54, 1.807) is 22.9 Å². The van der Waals surface area contributed by atoms with Crippen LogP contribution in [0.15, 0.2) is 42.7 Å². The lowest BCUT2D eigenvalue weighted by atomic mass is 10.1. The number of aldehydes is 1. The zero-order valence-corrected chi connectivity index (χ0v) is 10.6. The maximum Gasteiger partial charge on any atom is 0.234 e. The molecule has 0 aliphatic rings. The molecular formula is C15H13N3O. The number of fused-ring (bicyclic) bond motifs is 1. The minimum atomic E-state index is 0.535. The molecule has 4 nitrogen and oxygen atoms in total. The van der Waals surface area contributed by atoms with Crippen molar-refractivity contribution in [3.63, 3.8) is 0 Å². The summed E-state index contributed by atoms with van der Waals surface area (Å²) < 4.78 is 1.70. The zero-order valence-electron chi connectivity index (χ0n) is 10.6. The van der Waals surface area contributed by atoms with Crippen LogP contribution in [0.3, 0.4) is 0 Å². The second kappa shape index (κ2) is 4.65. The Morgan fingerprint density at radius 2 is 2.05 bits per heavy atom. The summed E-state index contributed by atoms with van der Waals surface area (Å²) in [6.07, 6.45) is 5.28. The lowest BCUT2D eigenvalue weighted by Crippen LogP contribution is -1.92. The van der Waals surface area contributed by atoms with Gasteiger partial charge in [0.15, 0.2) is 6.29 Å². The quantitative estimate of drug-likeness (QED) is 0.672. The Balaban J connectivity index is 2.20. The van der Waals surface area contributed by atoms with Crippen LogP contribution < -0.4 is 0 Å². The Labute approximate surface area is 110 Å². The normalized spacial score (nSPS) is 10.8. The van der Waals surface area contributed by atoms with Crippen LogP contribution in [0.1, 0.15) is 23.0 Å². The van der Waals surface area contributed by atoms with Crippen molar-refractivity contribution >= 4 is 12.1 Å². The third kappa shape index (κ3) is 1.91. The van der Waals surface area contributed by atoms with Gasteiger partial charge in [0.25, 0.3) is 0 Å². The number of nitrogens with zero attached hydrogens (tertiary/aromatic N) is 3. The first-order valence-corrected chi connectivity index (χ1v) is 6.21. The number of hydrogen-bond donors (Lipinski definition) is 0. The number of carbonyl (C=O) groups excluding carboxylic acids is 1. The van der Waals surface area contributed by atoms with Gasteiger partial charge in [-0.15, -0.1) is 0 Å². The molecule has 0 aliphatic heterocycles. The van der Waals surface area contributed by atoms with Gasteiger partial charge >= 0.3 is 0 Å². The molecule has 1 aromatic carbocycles. The standard InChI is InChI=1S/C15H13N3O/c1-2-11-4-6-12(7-5-11)14-13(10-19)18-9-3-8-16-15(18)17-14/h3-10H,2H2,1H3. The number of imidazole rings is 1. The van der Waals surface area contributed by atoms with E-state index in [9.17, 15) is 4.79 Å². The fourth-order valence-corrected chi connectivity index (χ4v) is 2.13. The molecule has 0 aliphatic carbocycles. The second-order valence-corrected chi connectivity index (χ2v) is 4.30. The smallest absolute Gasteiger partial charge is 0.234 e. The fraction of sp³-hybridized carbons (Fsp3) is 0.133. The summed E-state index contributed by atoms with van der Waals surface area (Å²) in [5.41, 5.74) is 3.41. The minimum Gasteiger partial charge on any atom is -0.296 e. The summed E-state index contributed by atoms with van der Waals surface area (Å²) in [5, 5.41) is 0. The third-order valence-electron chi connectivity index (χ3n) is 3.19. The number of aryl methyl sites for hydroxylation is 1. The predicted molar refractivity (Wildman–Crippen MR) is 73.2 cm³/mol. The first kappa shape index (κ1) is 11.6. The van der Waals surface area contributed by atoms with Gasteiger partial charge in [-0.1, -0.05) is 31.2 Å². The highest BCUT2D eigenvalue weighted by molar-refractivity contribution is 5.85. The molecular weight excluding hydrogens is 238 g/mol. The van der Waals surface area contributed by atoms with Gasteiger partial charge in [0.05, 0.1) is 0 Å². The molecule has 0 spiro atoms. The highest BCUT2D eigenvalue weighted by Gasteiger charge is 2.13. The minimum absolute atomic E-state index is 0.535. The van der Waals surface area contributed by atoms with Crippen LogP contribution in [0.2, 0.25) is 0 Å². The van der Waals surface area contributed by atoms with Crippen molar-refractivity contribution in [3.8, 4) is 11.3 Å². The monoisotopic (exact) mass is 251 g/mol. The van der Waals surface area contributed by atoms with E-state index < -0.39 is 0 Å². The highest BCUT2D eigenvalue weighted by Crippen LogP contribution is 2.23. The van der Waals surface area contributed by atoms with Crippen molar-refractivity contribution in [2.75, 3.05) is 0 Å². The average molecular weight is 251 g/mol. The van der Waals surface area contributed by atoms with Crippen LogP contribution in [0.4, 0.5) is 0 Å². The maximum absolute atomic E-state index is 11.3. The zero-order chi connectivity index (χ0) is 13.2. The predicted octanol–water partition coefficient (Wildman–Crippen LogP) is 2.77. The lowest BCUT2D eigenvalue weighted by Gasteiger charge is -2.00. The lowest BCUT2D eigenvalue weighted by molar-refractivity contribution is 0.111. The summed E-state index contributed by atoms with van der Waals surface area (Å²) in [5.74, 6) is 0.541. The van der Waals surface area contributed by atoms with Crippen LogP contribution in [0, 0.1) is 0 Å². The molecule has 4 heteroatoms. The van der Waals surface area contributed by atoms with Crippen LogP contribution in [0.25, 0.3) is 17.0 Å². The van der Waals surface area contributed by atoms with Gasteiger partial charge < -0.3 is 0 Å². The van der Waals surface area contributed by atoms with Crippen molar-refractivity contribution in [1.29, 1.82) is 0 Å². The molecule has 3 rings (SSSR count). The van der Waals surface area contributed by atoms with Crippen LogP contribution in [-0.4, -0.2) is 20.7 Å². The van der Waals surface area contributed by atoms with Crippen molar-refractivity contribution in [2.45, 2.75) is 13.3 Å². The van der Waals surface area contributed by atoms with E-state index in [1.807, 2.05) is 12.1 Å². The largest absolute Gasteiger partial charge is 0.296 e. The molecule has 0 saturated heterocycles. The van der Waals surface area contributed by atoms with E-state index in [0.29, 0.717) is 17.2 Å². The van der Waals surface area contributed by atoms with Gasteiger partial charge in [0, 0.05) is 18.0 Å². The van der Waals surface area contributed by atoms with Gasteiger partial charge in [-0.25, -0.2) is 9.97 Å². The van der Waals surface area contributed by atoms with Crippen molar-refractivity contribution in [3.05, 3.63) is 54.0 Å². The summed E-state index contributed by atoms with van der Waals surface area (Å²) in [6, 6.07) is 9.88. The molecule has 19 heavy (non-hydrogen) atoms. The summed E-state index contributed by atoms with van der Waals surface area (Å²) in [4.78, 5) is 19.9. The van der Waals surface area contributed by atoms with Crippen molar-refractivity contribution in [2.24, 2.45) is 0 Å². The molecule has 2 heterocycles. The summed E-state index contributed by atoms with van der Waals surface area (Å²) in [6.45, 7) is 2.11. The first-order valence-electron chi connectivity index (χ1n) is 6.21.